The summed E-state index contributed by atoms with van der Waals surface area (Å²) in [6.45, 7) is 3.19. The highest BCUT2D eigenvalue weighted by Gasteiger charge is 2.19. The second kappa shape index (κ2) is 7.01. The number of hydrogen-bond donors (Lipinski definition) is 2. The quantitative estimate of drug-likeness (QED) is 0.456. The van der Waals surface area contributed by atoms with E-state index in [2.05, 4.69) is 10.6 Å². The Morgan fingerprint density at radius 2 is 2.43 bits per heavy atom. The van der Waals surface area contributed by atoms with E-state index in [1.807, 2.05) is 11.0 Å². The third-order valence-corrected chi connectivity index (χ3v) is 4.06. The molecular formula is C12H15N5O3S. The summed E-state index contributed by atoms with van der Waals surface area (Å²) in [5, 5.41) is 25.4. The molecule has 1 amide bonds. The first-order chi connectivity index (χ1) is 10.1. The Hall–Kier alpha value is -2.18. The average molecular weight is 309 g/mol. The van der Waals surface area contributed by atoms with Crippen molar-refractivity contribution in [2.45, 2.75) is 6.42 Å². The van der Waals surface area contributed by atoms with Gasteiger partial charge in [0.1, 0.15) is 16.6 Å². The number of amides is 1. The molecule has 0 aromatic carbocycles. The summed E-state index contributed by atoms with van der Waals surface area (Å²) in [4.78, 5) is 24.0. The second-order valence-electron chi connectivity index (χ2n) is 4.60. The van der Waals surface area contributed by atoms with Gasteiger partial charge in [-0.15, -0.1) is 0 Å². The predicted molar refractivity (Wildman–Crippen MR) is 78.2 cm³/mol. The van der Waals surface area contributed by atoms with E-state index < -0.39 is 4.92 Å². The van der Waals surface area contributed by atoms with Crippen LogP contribution >= 0.6 is 11.3 Å². The van der Waals surface area contributed by atoms with Crippen molar-refractivity contribution in [1.82, 2.24) is 10.2 Å². The first-order valence-corrected chi connectivity index (χ1v) is 7.33. The monoisotopic (exact) mass is 309 g/mol. The molecule has 1 aliphatic rings. The number of hydrogen-bond acceptors (Lipinski definition) is 7. The lowest BCUT2D eigenvalue weighted by atomic mass is 10.3. The highest BCUT2D eigenvalue weighted by Crippen LogP contribution is 2.34. The fraction of sp³-hybridized carbons (Fsp3) is 0.500. The van der Waals surface area contributed by atoms with Gasteiger partial charge in [0.25, 0.3) is 0 Å². The number of carbonyl (C=O) groups is 1. The molecule has 21 heavy (non-hydrogen) atoms. The summed E-state index contributed by atoms with van der Waals surface area (Å²) in [5.41, 5.74) is 0.387. The van der Waals surface area contributed by atoms with Crippen LogP contribution in [0.25, 0.3) is 0 Å². The number of piperazine rings is 1. The third-order valence-electron chi connectivity index (χ3n) is 3.07. The SMILES string of the molecule is N#Cc1cc(NCCCN2CCNC(=O)C2)c([N+](=O)[O-])s1. The average Bonchev–Trinajstić information content (AvgIpc) is 2.87. The molecule has 0 aliphatic carbocycles. The van der Waals surface area contributed by atoms with Crippen LogP contribution in [-0.2, 0) is 4.79 Å². The van der Waals surface area contributed by atoms with E-state index in [1.54, 1.807) is 0 Å². The standard InChI is InChI=1S/C12H15N5O3S/c13-7-9-6-10(12(21-9)17(19)20)14-2-1-4-16-5-3-15-11(18)8-16/h6,14H,1-5,8H2,(H,15,18). The van der Waals surface area contributed by atoms with Crippen LogP contribution < -0.4 is 10.6 Å². The van der Waals surface area contributed by atoms with Crippen molar-refractivity contribution < 1.29 is 9.72 Å². The largest absolute Gasteiger partial charge is 0.379 e. The van der Waals surface area contributed by atoms with Crippen molar-refractivity contribution in [2.75, 3.05) is 38.0 Å². The van der Waals surface area contributed by atoms with Gasteiger partial charge in [0.05, 0.1) is 11.5 Å². The first-order valence-electron chi connectivity index (χ1n) is 6.51. The molecule has 0 bridgehead atoms. The number of thiophene rings is 1. The number of nitrogens with zero attached hydrogens (tertiary/aromatic N) is 3. The Labute approximate surface area is 125 Å². The van der Waals surface area contributed by atoms with Crippen molar-refractivity contribution in [2.24, 2.45) is 0 Å². The molecule has 2 N–H and O–H groups in total. The van der Waals surface area contributed by atoms with Gasteiger partial charge in [0, 0.05) is 26.2 Å². The molecule has 8 nitrogen and oxygen atoms in total. The molecule has 2 rings (SSSR count). The van der Waals surface area contributed by atoms with Gasteiger partial charge in [-0.3, -0.25) is 19.8 Å². The topological polar surface area (TPSA) is 111 Å². The summed E-state index contributed by atoms with van der Waals surface area (Å²) in [7, 11) is 0. The van der Waals surface area contributed by atoms with E-state index in [4.69, 9.17) is 5.26 Å². The normalized spacial score (nSPS) is 15.3. The number of nitriles is 1. The zero-order valence-corrected chi connectivity index (χ0v) is 12.1. The maximum Gasteiger partial charge on any atom is 0.348 e. The smallest absolute Gasteiger partial charge is 0.348 e. The van der Waals surface area contributed by atoms with E-state index in [9.17, 15) is 14.9 Å². The Morgan fingerprint density at radius 3 is 3.10 bits per heavy atom. The summed E-state index contributed by atoms with van der Waals surface area (Å²) in [6, 6.07) is 3.41. The van der Waals surface area contributed by atoms with Crippen LogP contribution in [0, 0.1) is 21.4 Å². The highest BCUT2D eigenvalue weighted by atomic mass is 32.1. The van der Waals surface area contributed by atoms with Gasteiger partial charge in [-0.1, -0.05) is 0 Å². The predicted octanol–water partition coefficient (Wildman–Crippen LogP) is 0.762. The minimum atomic E-state index is -0.483. The van der Waals surface area contributed by atoms with Gasteiger partial charge in [0.2, 0.25) is 5.91 Å². The van der Waals surface area contributed by atoms with Crippen molar-refractivity contribution in [3.05, 3.63) is 21.1 Å². The minimum Gasteiger partial charge on any atom is -0.379 e. The van der Waals surface area contributed by atoms with Crippen molar-refractivity contribution >= 4 is 27.9 Å². The number of nitrogens with one attached hydrogen (secondary N) is 2. The molecule has 0 saturated carbocycles. The lowest BCUT2D eigenvalue weighted by molar-refractivity contribution is -0.379. The van der Waals surface area contributed by atoms with Gasteiger partial charge < -0.3 is 10.6 Å². The zero-order chi connectivity index (χ0) is 15.2. The van der Waals surface area contributed by atoms with E-state index in [-0.39, 0.29) is 10.9 Å². The first kappa shape index (κ1) is 15.2. The summed E-state index contributed by atoms with van der Waals surface area (Å²) >= 11 is 0.868. The molecule has 0 spiro atoms. The van der Waals surface area contributed by atoms with Gasteiger partial charge in [-0.05, 0) is 23.8 Å². The van der Waals surface area contributed by atoms with Gasteiger partial charge in [-0.25, -0.2) is 0 Å². The molecule has 0 unspecified atom stereocenters. The van der Waals surface area contributed by atoms with Crippen LogP contribution in [0.4, 0.5) is 10.7 Å². The number of rotatable bonds is 6. The summed E-state index contributed by atoms with van der Waals surface area (Å²) < 4.78 is 0. The fourth-order valence-corrected chi connectivity index (χ4v) is 2.85. The molecule has 0 radical (unpaired) electrons. The lowest BCUT2D eigenvalue weighted by Gasteiger charge is -2.26. The van der Waals surface area contributed by atoms with Gasteiger partial charge in [0.15, 0.2) is 0 Å². The Bertz CT molecular complexity index is 580. The maximum absolute atomic E-state index is 11.2. The van der Waals surface area contributed by atoms with Crippen molar-refractivity contribution in [3.63, 3.8) is 0 Å². The highest BCUT2D eigenvalue weighted by molar-refractivity contribution is 7.16. The molecular weight excluding hydrogens is 294 g/mol. The van der Waals surface area contributed by atoms with Gasteiger partial charge >= 0.3 is 5.00 Å². The number of nitro groups is 1. The zero-order valence-electron chi connectivity index (χ0n) is 11.3. The van der Waals surface area contributed by atoms with Crippen LogP contribution in [0.5, 0.6) is 0 Å². The van der Waals surface area contributed by atoms with Crippen molar-refractivity contribution in [1.29, 1.82) is 5.26 Å². The van der Waals surface area contributed by atoms with E-state index in [0.717, 1.165) is 30.8 Å². The summed E-state index contributed by atoms with van der Waals surface area (Å²) in [5.74, 6) is 0.0290. The maximum atomic E-state index is 11.2. The van der Waals surface area contributed by atoms with Crippen molar-refractivity contribution in [3.8, 4) is 6.07 Å². The van der Waals surface area contributed by atoms with E-state index in [1.165, 1.54) is 6.07 Å². The van der Waals surface area contributed by atoms with E-state index in [0.29, 0.717) is 30.2 Å². The van der Waals surface area contributed by atoms with Crippen LogP contribution in [0.3, 0.4) is 0 Å². The van der Waals surface area contributed by atoms with Crippen LogP contribution in [0.1, 0.15) is 11.3 Å². The van der Waals surface area contributed by atoms with E-state index >= 15 is 0 Å². The number of anilines is 1. The molecule has 1 aromatic heterocycles. The fourth-order valence-electron chi connectivity index (χ4n) is 2.11. The molecule has 1 aliphatic heterocycles. The minimum absolute atomic E-state index is 0.0290. The second-order valence-corrected chi connectivity index (χ2v) is 5.64. The van der Waals surface area contributed by atoms with Crippen LogP contribution in [-0.4, -0.2) is 48.5 Å². The Balaban J connectivity index is 1.81. The Kier molecular flexibility index (Phi) is 5.08. The molecule has 112 valence electrons. The molecule has 0 atom stereocenters. The molecule has 1 saturated heterocycles. The Morgan fingerprint density at radius 1 is 1.62 bits per heavy atom. The number of carbonyl (C=O) groups excluding carboxylic acids is 1. The summed E-state index contributed by atoms with van der Waals surface area (Å²) in [6.07, 6.45) is 0.766. The molecule has 1 aromatic rings. The lowest BCUT2D eigenvalue weighted by Crippen LogP contribution is -2.47. The molecule has 2 heterocycles. The van der Waals surface area contributed by atoms with Crippen LogP contribution in [0.15, 0.2) is 6.07 Å². The van der Waals surface area contributed by atoms with Gasteiger partial charge in [-0.2, -0.15) is 5.26 Å². The molecule has 1 fully saturated rings. The molecule has 9 heteroatoms. The van der Waals surface area contributed by atoms with Crippen LogP contribution in [0.2, 0.25) is 0 Å². The third kappa shape index (κ3) is 4.14.